The van der Waals surface area contributed by atoms with Gasteiger partial charge in [0.2, 0.25) is 0 Å². The van der Waals surface area contributed by atoms with Crippen LogP contribution in [0.4, 0.5) is 0 Å². The summed E-state index contributed by atoms with van der Waals surface area (Å²) in [7, 11) is 0. The quantitative estimate of drug-likeness (QED) is 0.786. The summed E-state index contributed by atoms with van der Waals surface area (Å²) in [6, 6.07) is 16.1. The van der Waals surface area contributed by atoms with Crippen LogP contribution in [0.2, 0.25) is 10.0 Å². The molecule has 0 aromatic heterocycles. The van der Waals surface area contributed by atoms with E-state index in [4.69, 9.17) is 28.9 Å². The summed E-state index contributed by atoms with van der Waals surface area (Å²) >= 11 is 12.5. The number of rotatable bonds is 2. The lowest BCUT2D eigenvalue weighted by Gasteiger charge is -2.34. The zero-order valence-corrected chi connectivity index (χ0v) is 13.2. The second-order valence-electron chi connectivity index (χ2n) is 5.56. The molecule has 108 valence electrons. The molecule has 21 heavy (non-hydrogen) atoms. The van der Waals surface area contributed by atoms with E-state index in [2.05, 4.69) is 30.3 Å². The Kier molecular flexibility index (Phi) is 4.08. The first kappa shape index (κ1) is 14.6. The molecule has 1 atom stereocenters. The average Bonchev–Trinajstić information content (AvgIpc) is 2.51. The Morgan fingerprint density at radius 3 is 2.38 bits per heavy atom. The summed E-state index contributed by atoms with van der Waals surface area (Å²) in [5, 5.41) is 1.15. The molecule has 0 saturated carbocycles. The molecular formula is C18H17Cl2N. The van der Waals surface area contributed by atoms with Crippen LogP contribution < -0.4 is 5.73 Å². The highest BCUT2D eigenvalue weighted by atomic mass is 35.5. The Morgan fingerprint density at radius 1 is 0.952 bits per heavy atom. The molecule has 0 fully saturated rings. The van der Waals surface area contributed by atoms with Gasteiger partial charge in [0, 0.05) is 5.54 Å². The molecule has 0 radical (unpaired) electrons. The topological polar surface area (TPSA) is 26.0 Å². The third-order valence-electron chi connectivity index (χ3n) is 4.19. The average molecular weight is 318 g/mol. The molecule has 0 spiro atoms. The number of hydrogen-bond donors (Lipinski definition) is 1. The summed E-state index contributed by atoms with van der Waals surface area (Å²) in [6.07, 6.45) is 4.82. The van der Waals surface area contributed by atoms with Crippen LogP contribution in [0.15, 0.2) is 54.6 Å². The fourth-order valence-corrected chi connectivity index (χ4v) is 3.40. The van der Waals surface area contributed by atoms with Gasteiger partial charge in [-0.15, -0.1) is 0 Å². The lowest BCUT2D eigenvalue weighted by molar-refractivity contribution is 0.408. The van der Waals surface area contributed by atoms with Crippen LogP contribution >= 0.6 is 23.2 Å². The van der Waals surface area contributed by atoms with Gasteiger partial charge < -0.3 is 5.73 Å². The molecule has 0 amide bonds. The molecule has 2 aromatic carbocycles. The van der Waals surface area contributed by atoms with E-state index in [-0.39, 0.29) is 0 Å². The predicted octanol–water partition coefficient (Wildman–Crippen LogP) is 5.41. The van der Waals surface area contributed by atoms with Crippen LogP contribution in [-0.2, 0) is 5.54 Å². The predicted molar refractivity (Wildman–Crippen MR) is 90.6 cm³/mol. The Morgan fingerprint density at radius 2 is 1.71 bits per heavy atom. The van der Waals surface area contributed by atoms with Crippen LogP contribution in [0.25, 0.3) is 5.57 Å². The van der Waals surface area contributed by atoms with Gasteiger partial charge in [0.05, 0.1) is 10.0 Å². The minimum atomic E-state index is -0.430. The van der Waals surface area contributed by atoms with E-state index in [9.17, 15) is 0 Å². The summed E-state index contributed by atoms with van der Waals surface area (Å²) < 4.78 is 0. The third-order valence-corrected chi connectivity index (χ3v) is 5.00. The van der Waals surface area contributed by atoms with E-state index in [1.54, 1.807) is 6.07 Å². The maximum absolute atomic E-state index is 6.60. The molecular weight excluding hydrogens is 301 g/mol. The fraction of sp³-hybridized carbons (Fsp3) is 0.222. The Bertz CT molecular complexity index is 679. The van der Waals surface area contributed by atoms with E-state index in [0.29, 0.717) is 10.0 Å². The highest BCUT2D eigenvalue weighted by Gasteiger charge is 2.32. The van der Waals surface area contributed by atoms with Crippen LogP contribution in [0.1, 0.15) is 30.4 Å². The van der Waals surface area contributed by atoms with Crippen LogP contribution in [0.3, 0.4) is 0 Å². The summed E-state index contributed by atoms with van der Waals surface area (Å²) in [5.41, 5.74) is 9.75. The number of allylic oxidation sites excluding steroid dienone is 1. The molecule has 1 aliphatic carbocycles. The molecule has 0 aliphatic heterocycles. The second kappa shape index (κ2) is 5.84. The minimum Gasteiger partial charge on any atom is -0.321 e. The molecule has 3 rings (SSSR count). The molecule has 2 aromatic rings. The lowest BCUT2D eigenvalue weighted by Crippen LogP contribution is -2.38. The number of nitrogens with two attached hydrogens (primary N) is 1. The first-order chi connectivity index (χ1) is 10.1. The molecule has 1 nitrogen and oxygen atoms in total. The van der Waals surface area contributed by atoms with Crippen molar-refractivity contribution in [2.24, 2.45) is 5.73 Å². The smallest absolute Gasteiger partial charge is 0.0642 e. The van der Waals surface area contributed by atoms with Crippen molar-refractivity contribution in [1.29, 1.82) is 0 Å². The van der Waals surface area contributed by atoms with Gasteiger partial charge >= 0.3 is 0 Å². The van der Waals surface area contributed by atoms with Gasteiger partial charge in [-0.25, -0.2) is 0 Å². The SMILES string of the molecule is NC1(c2cccc(Cl)c2Cl)CC=C(c2ccccc2)CC1. The number of halogens is 2. The van der Waals surface area contributed by atoms with E-state index in [1.807, 2.05) is 18.2 Å². The van der Waals surface area contributed by atoms with E-state index < -0.39 is 5.54 Å². The number of hydrogen-bond acceptors (Lipinski definition) is 1. The second-order valence-corrected chi connectivity index (χ2v) is 6.34. The van der Waals surface area contributed by atoms with Crippen LogP contribution in [0, 0.1) is 0 Å². The maximum Gasteiger partial charge on any atom is 0.0642 e. The molecule has 1 unspecified atom stereocenters. The van der Waals surface area contributed by atoms with Gasteiger partial charge in [-0.2, -0.15) is 0 Å². The minimum absolute atomic E-state index is 0.430. The molecule has 0 heterocycles. The molecule has 0 saturated heterocycles. The highest BCUT2D eigenvalue weighted by Crippen LogP contribution is 2.41. The summed E-state index contributed by atoms with van der Waals surface area (Å²) in [6.45, 7) is 0. The van der Waals surface area contributed by atoms with Crippen LogP contribution in [0.5, 0.6) is 0 Å². The van der Waals surface area contributed by atoms with E-state index in [0.717, 1.165) is 24.8 Å². The molecule has 0 bridgehead atoms. The van der Waals surface area contributed by atoms with E-state index >= 15 is 0 Å². The van der Waals surface area contributed by atoms with Crippen molar-refractivity contribution < 1.29 is 0 Å². The third kappa shape index (κ3) is 2.87. The van der Waals surface area contributed by atoms with Gasteiger partial charge in [-0.3, -0.25) is 0 Å². The van der Waals surface area contributed by atoms with Crippen molar-refractivity contribution in [3.63, 3.8) is 0 Å². The normalized spacial score (nSPS) is 22.0. The Hall–Kier alpha value is -1.28. The van der Waals surface area contributed by atoms with Crippen molar-refractivity contribution in [2.45, 2.75) is 24.8 Å². The number of benzene rings is 2. The largest absolute Gasteiger partial charge is 0.321 e. The van der Waals surface area contributed by atoms with Crippen molar-refractivity contribution in [3.8, 4) is 0 Å². The van der Waals surface area contributed by atoms with Crippen molar-refractivity contribution in [2.75, 3.05) is 0 Å². The first-order valence-corrected chi connectivity index (χ1v) is 7.83. The van der Waals surface area contributed by atoms with E-state index in [1.165, 1.54) is 11.1 Å². The zero-order valence-electron chi connectivity index (χ0n) is 11.7. The first-order valence-electron chi connectivity index (χ1n) is 7.08. The standard InChI is InChI=1S/C18H17Cl2N/c19-16-8-4-7-15(17(16)20)18(21)11-9-14(10-12-18)13-5-2-1-3-6-13/h1-9H,10-12,21H2. The molecule has 2 N–H and O–H groups in total. The monoisotopic (exact) mass is 317 g/mol. The highest BCUT2D eigenvalue weighted by molar-refractivity contribution is 6.42. The van der Waals surface area contributed by atoms with Gasteiger partial charge in [-0.1, -0.05) is 71.7 Å². The van der Waals surface area contributed by atoms with Gasteiger partial charge in [-0.05, 0) is 42.0 Å². The fourth-order valence-electron chi connectivity index (χ4n) is 2.91. The van der Waals surface area contributed by atoms with Gasteiger partial charge in [0.25, 0.3) is 0 Å². The van der Waals surface area contributed by atoms with Gasteiger partial charge in [0.15, 0.2) is 0 Å². The van der Waals surface area contributed by atoms with Crippen LogP contribution in [-0.4, -0.2) is 0 Å². The lowest BCUT2D eigenvalue weighted by atomic mass is 9.77. The summed E-state index contributed by atoms with van der Waals surface area (Å²) in [4.78, 5) is 0. The van der Waals surface area contributed by atoms with Gasteiger partial charge in [0.1, 0.15) is 0 Å². The summed E-state index contributed by atoms with van der Waals surface area (Å²) in [5.74, 6) is 0. The molecule has 3 heteroatoms. The van der Waals surface area contributed by atoms with Crippen molar-refractivity contribution in [1.82, 2.24) is 0 Å². The Labute approximate surface area is 135 Å². The Balaban J connectivity index is 1.90. The maximum atomic E-state index is 6.60. The zero-order chi connectivity index (χ0) is 14.9. The van der Waals surface area contributed by atoms with Crippen molar-refractivity contribution in [3.05, 3.63) is 75.8 Å². The molecule has 1 aliphatic rings. The van der Waals surface area contributed by atoms with Crippen molar-refractivity contribution >= 4 is 28.8 Å².